The molecule has 1 fully saturated rings. The number of aliphatic hydroxyl groups is 1. The van der Waals surface area contributed by atoms with Gasteiger partial charge in [0.15, 0.2) is 5.76 Å². The lowest BCUT2D eigenvalue weighted by molar-refractivity contribution is -0.137. The third-order valence-electron chi connectivity index (χ3n) is 5.53. The van der Waals surface area contributed by atoms with E-state index in [9.17, 15) is 23.1 Å². The molecule has 1 aliphatic heterocycles. The predicted molar refractivity (Wildman–Crippen MR) is 117 cm³/mol. The topological polar surface area (TPSA) is 69.8 Å². The van der Waals surface area contributed by atoms with Crippen LogP contribution in [-0.4, -0.2) is 47.2 Å². The Labute approximate surface area is 193 Å². The van der Waals surface area contributed by atoms with Gasteiger partial charge in [-0.1, -0.05) is 35.0 Å². The Balaban J connectivity index is 1.55. The number of anilines is 1. The molecule has 0 unspecified atom stereocenters. The highest BCUT2D eigenvalue weighted by atomic mass is 35.5. The summed E-state index contributed by atoms with van der Waals surface area (Å²) < 4.78 is 44.4. The SMILES string of the molecule is C[C@H](O)c1onc(-c2ccc(Cl)cc2)c1C(=O)N1CCN(c2cccc(C(F)(F)F)c2)CC1. The number of carbonyl (C=O) groups excluding carboxylic acids is 1. The highest BCUT2D eigenvalue weighted by Gasteiger charge is 2.33. The monoisotopic (exact) mass is 479 g/mol. The van der Waals surface area contributed by atoms with Crippen molar-refractivity contribution < 1.29 is 27.6 Å². The molecule has 1 atom stereocenters. The summed E-state index contributed by atoms with van der Waals surface area (Å²) in [6.07, 6.45) is -5.47. The van der Waals surface area contributed by atoms with Crippen molar-refractivity contribution in [3.63, 3.8) is 0 Å². The number of hydrogen-bond acceptors (Lipinski definition) is 5. The molecule has 1 amide bonds. The molecule has 174 valence electrons. The Morgan fingerprint density at radius 2 is 1.79 bits per heavy atom. The molecule has 33 heavy (non-hydrogen) atoms. The molecular weight excluding hydrogens is 459 g/mol. The largest absolute Gasteiger partial charge is 0.416 e. The number of piperazine rings is 1. The summed E-state index contributed by atoms with van der Waals surface area (Å²) in [6.45, 7) is 2.78. The number of rotatable bonds is 4. The fourth-order valence-electron chi connectivity index (χ4n) is 3.80. The van der Waals surface area contributed by atoms with Gasteiger partial charge in [0.05, 0.1) is 5.56 Å². The van der Waals surface area contributed by atoms with Crippen LogP contribution in [0, 0.1) is 0 Å². The van der Waals surface area contributed by atoms with Crippen molar-refractivity contribution in [1.82, 2.24) is 10.1 Å². The van der Waals surface area contributed by atoms with Crippen LogP contribution in [0.3, 0.4) is 0 Å². The summed E-state index contributed by atoms with van der Waals surface area (Å²) in [5, 5.41) is 14.6. The second-order valence-electron chi connectivity index (χ2n) is 7.78. The minimum Gasteiger partial charge on any atom is -0.385 e. The van der Waals surface area contributed by atoms with Crippen LogP contribution in [-0.2, 0) is 6.18 Å². The minimum atomic E-state index is -4.42. The van der Waals surface area contributed by atoms with Crippen LogP contribution in [0.15, 0.2) is 53.1 Å². The van der Waals surface area contributed by atoms with Crippen LogP contribution in [0.25, 0.3) is 11.3 Å². The second-order valence-corrected chi connectivity index (χ2v) is 8.22. The summed E-state index contributed by atoms with van der Waals surface area (Å²) in [5.74, 6) is -0.300. The summed E-state index contributed by atoms with van der Waals surface area (Å²) in [6, 6.07) is 11.9. The quantitative estimate of drug-likeness (QED) is 0.568. The molecule has 4 rings (SSSR count). The Morgan fingerprint density at radius 1 is 1.12 bits per heavy atom. The number of aliphatic hydroxyl groups excluding tert-OH is 1. The molecule has 2 heterocycles. The maximum atomic E-state index is 13.4. The lowest BCUT2D eigenvalue weighted by Crippen LogP contribution is -2.49. The fraction of sp³-hybridized carbons (Fsp3) is 0.304. The standard InChI is InChI=1S/C23H21ClF3N3O3/c1-14(31)21-19(20(28-33-21)15-5-7-17(24)8-6-15)22(32)30-11-9-29(10-12-30)18-4-2-3-16(13-18)23(25,26)27/h2-8,13-14,31H,9-12H2,1H3/t14-/m0/s1. The van der Waals surface area contributed by atoms with E-state index in [-0.39, 0.29) is 17.2 Å². The number of hydrogen-bond donors (Lipinski definition) is 1. The Kier molecular flexibility index (Phi) is 6.36. The average molecular weight is 480 g/mol. The number of nitrogens with zero attached hydrogens (tertiary/aromatic N) is 3. The van der Waals surface area contributed by atoms with Crippen molar-refractivity contribution in [1.29, 1.82) is 0 Å². The van der Waals surface area contributed by atoms with Gasteiger partial charge in [-0.05, 0) is 37.3 Å². The first-order chi connectivity index (χ1) is 15.6. The van der Waals surface area contributed by atoms with Crippen molar-refractivity contribution in [3.8, 4) is 11.3 Å². The third-order valence-corrected chi connectivity index (χ3v) is 5.79. The van der Waals surface area contributed by atoms with E-state index in [1.165, 1.54) is 13.0 Å². The Hall–Kier alpha value is -3.04. The molecule has 0 aliphatic carbocycles. The van der Waals surface area contributed by atoms with Gasteiger partial charge in [-0.2, -0.15) is 13.2 Å². The van der Waals surface area contributed by atoms with Crippen LogP contribution in [0.5, 0.6) is 0 Å². The summed E-state index contributed by atoms with van der Waals surface area (Å²) in [5.41, 5.74) is 0.819. The van der Waals surface area contributed by atoms with Crippen molar-refractivity contribution in [2.75, 3.05) is 31.1 Å². The van der Waals surface area contributed by atoms with Crippen molar-refractivity contribution in [2.24, 2.45) is 0 Å². The van der Waals surface area contributed by atoms with Gasteiger partial charge >= 0.3 is 6.18 Å². The first-order valence-electron chi connectivity index (χ1n) is 10.3. The van der Waals surface area contributed by atoms with Crippen LogP contribution >= 0.6 is 11.6 Å². The van der Waals surface area contributed by atoms with Crippen LogP contribution in [0.4, 0.5) is 18.9 Å². The highest BCUT2D eigenvalue weighted by Crippen LogP contribution is 2.33. The maximum absolute atomic E-state index is 13.4. The number of aromatic nitrogens is 1. The van der Waals surface area contributed by atoms with Gasteiger partial charge in [-0.3, -0.25) is 4.79 Å². The molecule has 3 aromatic rings. The molecule has 0 radical (unpaired) electrons. The van der Waals surface area contributed by atoms with E-state index in [0.717, 1.165) is 12.1 Å². The van der Waals surface area contributed by atoms with Gasteiger partial charge in [-0.15, -0.1) is 0 Å². The fourth-order valence-corrected chi connectivity index (χ4v) is 3.93. The van der Waals surface area contributed by atoms with Crippen molar-refractivity contribution in [2.45, 2.75) is 19.2 Å². The maximum Gasteiger partial charge on any atom is 0.416 e. The molecule has 1 saturated heterocycles. The molecule has 1 aliphatic rings. The summed E-state index contributed by atoms with van der Waals surface area (Å²) >= 11 is 5.95. The van der Waals surface area contributed by atoms with E-state index in [4.69, 9.17) is 16.1 Å². The number of amides is 1. The molecular formula is C23H21ClF3N3O3. The minimum absolute atomic E-state index is 0.0604. The van der Waals surface area contributed by atoms with E-state index in [2.05, 4.69) is 5.16 Å². The zero-order valence-corrected chi connectivity index (χ0v) is 18.4. The van der Waals surface area contributed by atoms with Crippen molar-refractivity contribution in [3.05, 3.63) is 70.4 Å². The first-order valence-corrected chi connectivity index (χ1v) is 10.7. The first kappa shape index (κ1) is 23.1. The third kappa shape index (κ3) is 4.84. The summed E-state index contributed by atoms with van der Waals surface area (Å²) in [7, 11) is 0. The predicted octanol–water partition coefficient (Wildman–Crippen LogP) is 5.03. The van der Waals surface area contributed by atoms with Crippen LogP contribution < -0.4 is 4.90 Å². The van der Waals surface area contributed by atoms with Gasteiger partial charge in [0, 0.05) is 42.5 Å². The van der Waals surface area contributed by atoms with E-state index >= 15 is 0 Å². The molecule has 2 aromatic carbocycles. The number of carbonyl (C=O) groups is 1. The van der Waals surface area contributed by atoms with E-state index in [1.54, 1.807) is 35.2 Å². The zero-order valence-electron chi connectivity index (χ0n) is 17.6. The lowest BCUT2D eigenvalue weighted by atomic mass is 10.0. The zero-order chi connectivity index (χ0) is 23.8. The molecule has 0 saturated carbocycles. The second kappa shape index (κ2) is 9.07. The van der Waals surface area contributed by atoms with Gasteiger partial charge in [0.2, 0.25) is 0 Å². The highest BCUT2D eigenvalue weighted by molar-refractivity contribution is 6.30. The van der Waals surface area contributed by atoms with Gasteiger partial charge in [0.25, 0.3) is 5.91 Å². The average Bonchev–Trinajstić information content (AvgIpc) is 3.24. The molecule has 1 N–H and O–H groups in total. The lowest BCUT2D eigenvalue weighted by Gasteiger charge is -2.36. The Morgan fingerprint density at radius 3 is 2.39 bits per heavy atom. The molecule has 10 heteroatoms. The summed E-state index contributed by atoms with van der Waals surface area (Å²) in [4.78, 5) is 16.8. The smallest absolute Gasteiger partial charge is 0.385 e. The Bertz CT molecular complexity index is 1140. The molecule has 0 spiro atoms. The van der Waals surface area contributed by atoms with E-state index < -0.39 is 17.8 Å². The van der Waals surface area contributed by atoms with Gasteiger partial charge < -0.3 is 19.4 Å². The van der Waals surface area contributed by atoms with Crippen LogP contribution in [0.1, 0.15) is 34.7 Å². The van der Waals surface area contributed by atoms with Crippen molar-refractivity contribution >= 4 is 23.2 Å². The molecule has 1 aromatic heterocycles. The molecule has 6 nitrogen and oxygen atoms in total. The van der Waals surface area contributed by atoms with E-state index in [0.29, 0.717) is 48.1 Å². The normalized spacial score (nSPS) is 15.6. The van der Waals surface area contributed by atoms with Crippen LogP contribution in [0.2, 0.25) is 5.02 Å². The number of alkyl halides is 3. The number of benzene rings is 2. The molecule has 0 bridgehead atoms. The van der Waals surface area contributed by atoms with Gasteiger partial charge in [-0.25, -0.2) is 0 Å². The van der Waals surface area contributed by atoms with E-state index in [1.807, 2.05) is 4.90 Å². The van der Waals surface area contributed by atoms with Gasteiger partial charge in [0.1, 0.15) is 17.4 Å². The number of halogens is 4.